The highest BCUT2D eigenvalue weighted by molar-refractivity contribution is 8.23. The van der Waals surface area contributed by atoms with Gasteiger partial charge in [-0.25, -0.2) is 4.79 Å². The highest BCUT2D eigenvalue weighted by atomic mass is 32.2. The molecule has 3 nitrogen and oxygen atoms in total. The van der Waals surface area contributed by atoms with E-state index in [0.717, 1.165) is 5.75 Å². The van der Waals surface area contributed by atoms with E-state index in [9.17, 15) is 4.79 Å². The topological polar surface area (TPSA) is 38.3 Å². The van der Waals surface area contributed by atoms with Gasteiger partial charge in [0.05, 0.1) is 0 Å². The average Bonchev–Trinajstić information content (AvgIpc) is 1.81. The maximum absolute atomic E-state index is 11.1. The van der Waals surface area contributed by atoms with Gasteiger partial charge >= 0.3 is 6.09 Å². The molecule has 0 atom stereocenters. The molecular formula is C8H15NO2S2. The van der Waals surface area contributed by atoms with Crippen LogP contribution in [0.15, 0.2) is 0 Å². The zero-order valence-corrected chi connectivity index (χ0v) is 9.97. The van der Waals surface area contributed by atoms with Gasteiger partial charge in [-0.2, -0.15) is 0 Å². The molecule has 0 aliphatic heterocycles. The Hall–Kier alpha value is -0.290. The van der Waals surface area contributed by atoms with Crippen LogP contribution in [0.5, 0.6) is 0 Å². The predicted octanol–water partition coefficient (Wildman–Crippen LogP) is 2.55. The highest BCUT2D eigenvalue weighted by Gasteiger charge is 2.16. The van der Waals surface area contributed by atoms with Gasteiger partial charge in [-0.15, -0.1) is 0 Å². The minimum absolute atomic E-state index is 0.455. The Morgan fingerprint density at radius 3 is 2.46 bits per heavy atom. The number of thioether (sulfide) groups is 1. The first-order valence-corrected chi connectivity index (χ1v) is 5.41. The molecule has 0 heterocycles. The number of carbonyl (C=O) groups is 1. The van der Waals surface area contributed by atoms with Crippen LogP contribution in [0.2, 0.25) is 0 Å². The third-order valence-electron chi connectivity index (χ3n) is 0.878. The fourth-order valence-electron chi connectivity index (χ4n) is 0.554. The summed E-state index contributed by atoms with van der Waals surface area (Å²) in [5.41, 5.74) is -0.476. The van der Waals surface area contributed by atoms with Gasteiger partial charge in [-0.05, 0) is 26.5 Å². The summed E-state index contributed by atoms with van der Waals surface area (Å²) in [7, 11) is 0. The number of amides is 1. The van der Waals surface area contributed by atoms with Crippen LogP contribution in [0.25, 0.3) is 0 Å². The van der Waals surface area contributed by atoms with Crippen molar-refractivity contribution in [3.8, 4) is 0 Å². The lowest BCUT2D eigenvalue weighted by atomic mass is 10.2. The van der Waals surface area contributed by atoms with Gasteiger partial charge in [0.15, 0.2) is 0 Å². The molecule has 1 amide bonds. The minimum Gasteiger partial charge on any atom is -0.444 e. The fourth-order valence-corrected chi connectivity index (χ4v) is 1.41. The molecule has 76 valence electrons. The van der Waals surface area contributed by atoms with Crippen LogP contribution >= 0.6 is 24.0 Å². The predicted molar refractivity (Wildman–Crippen MR) is 60.1 cm³/mol. The second-order valence-corrected chi connectivity index (χ2v) is 5.29. The van der Waals surface area contributed by atoms with Crippen LogP contribution in [-0.4, -0.2) is 21.8 Å². The van der Waals surface area contributed by atoms with E-state index in [0.29, 0.717) is 4.32 Å². The molecule has 0 unspecified atom stereocenters. The van der Waals surface area contributed by atoms with Crippen LogP contribution in [0, 0.1) is 0 Å². The third-order valence-corrected chi connectivity index (χ3v) is 1.99. The monoisotopic (exact) mass is 221 g/mol. The summed E-state index contributed by atoms with van der Waals surface area (Å²) in [6.45, 7) is 7.39. The Kier molecular flexibility index (Phi) is 5.32. The van der Waals surface area contributed by atoms with Gasteiger partial charge in [-0.1, -0.05) is 30.9 Å². The van der Waals surface area contributed by atoms with E-state index in [1.807, 2.05) is 27.7 Å². The Labute approximate surface area is 88.6 Å². The van der Waals surface area contributed by atoms with E-state index < -0.39 is 11.7 Å². The van der Waals surface area contributed by atoms with E-state index in [4.69, 9.17) is 17.0 Å². The normalized spacial score (nSPS) is 10.8. The summed E-state index contributed by atoms with van der Waals surface area (Å²) in [6, 6.07) is 0. The smallest absolute Gasteiger partial charge is 0.413 e. The maximum atomic E-state index is 11.1. The lowest BCUT2D eigenvalue weighted by Crippen LogP contribution is -2.34. The largest absolute Gasteiger partial charge is 0.444 e. The number of carbonyl (C=O) groups excluding carboxylic acids is 1. The SMILES string of the molecule is CCSC(=S)NC(=O)OC(C)(C)C. The fraction of sp³-hybridized carbons (Fsp3) is 0.750. The third kappa shape index (κ3) is 8.05. The first-order valence-electron chi connectivity index (χ1n) is 4.02. The van der Waals surface area contributed by atoms with Gasteiger partial charge < -0.3 is 4.74 Å². The van der Waals surface area contributed by atoms with Crippen LogP contribution in [0.3, 0.4) is 0 Å². The number of hydrogen-bond acceptors (Lipinski definition) is 4. The molecule has 0 spiro atoms. The Bertz CT molecular complexity index is 199. The zero-order chi connectivity index (χ0) is 10.5. The second-order valence-electron chi connectivity index (χ2n) is 3.35. The number of alkyl carbamates (subject to hydrolysis) is 1. The zero-order valence-electron chi connectivity index (χ0n) is 8.34. The number of hydrogen-bond donors (Lipinski definition) is 1. The Balaban J connectivity index is 3.82. The molecule has 0 aromatic rings. The van der Waals surface area contributed by atoms with Crippen molar-refractivity contribution < 1.29 is 9.53 Å². The van der Waals surface area contributed by atoms with E-state index in [-0.39, 0.29) is 0 Å². The number of thiocarbonyl (C=S) groups is 1. The van der Waals surface area contributed by atoms with E-state index in [1.165, 1.54) is 11.8 Å². The molecule has 0 aromatic carbocycles. The molecule has 0 radical (unpaired) electrons. The molecule has 0 aromatic heterocycles. The molecule has 0 aliphatic carbocycles. The van der Waals surface area contributed by atoms with Crippen molar-refractivity contribution >= 4 is 34.4 Å². The molecule has 1 N–H and O–H groups in total. The van der Waals surface area contributed by atoms with Crippen LogP contribution in [0.1, 0.15) is 27.7 Å². The van der Waals surface area contributed by atoms with Crippen molar-refractivity contribution in [3.63, 3.8) is 0 Å². The van der Waals surface area contributed by atoms with Crippen molar-refractivity contribution in [3.05, 3.63) is 0 Å². The number of nitrogens with one attached hydrogen (secondary N) is 1. The van der Waals surface area contributed by atoms with Crippen LogP contribution < -0.4 is 5.32 Å². The van der Waals surface area contributed by atoms with Crippen molar-refractivity contribution in [2.45, 2.75) is 33.3 Å². The number of ether oxygens (including phenoxy) is 1. The lowest BCUT2D eigenvalue weighted by molar-refractivity contribution is 0.0565. The Morgan fingerprint density at radius 2 is 2.08 bits per heavy atom. The van der Waals surface area contributed by atoms with Gasteiger partial charge in [0.2, 0.25) is 0 Å². The van der Waals surface area contributed by atoms with Crippen molar-refractivity contribution in [2.24, 2.45) is 0 Å². The molecule has 0 saturated carbocycles. The van der Waals surface area contributed by atoms with Gasteiger partial charge in [-0.3, -0.25) is 5.32 Å². The minimum atomic E-state index is -0.488. The summed E-state index contributed by atoms with van der Waals surface area (Å²) in [6.07, 6.45) is -0.488. The van der Waals surface area contributed by atoms with Crippen molar-refractivity contribution in [1.29, 1.82) is 0 Å². The first-order chi connectivity index (χ1) is 5.85. The first kappa shape index (κ1) is 12.7. The molecule has 0 rings (SSSR count). The molecule has 5 heteroatoms. The standard InChI is InChI=1S/C8H15NO2S2/c1-5-13-7(12)9-6(10)11-8(2,3)4/h5H2,1-4H3,(H,9,10,12). The lowest BCUT2D eigenvalue weighted by Gasteiger charge is -2.19. The summed E-state index contributed by atoms with van der Waals surface area (Å²) >= 11 is 6.27. The molecule has 0 bridgehead atoms. The average molecular weight is 221 g/mol. The molecule has 0 saturated heterocycles. The quantitative estimate of drug-likeness (QED) is 0.691. The van der Waals surface area contributed by atoms with E-state index >= 15 is 0 Å². The highest BCUT2D eigenvalue weighted by Crippen LogP contribution is 2.07. The second kappa shape index (κ2) is 5.44. The number of rotatable bonds is 1. The molecule has 13 heavy (non-hydrogen) atoms. The van der Waals surface area contributed by atoms with Gasteiger partial charge in [0.1, 0.15) is 9.92 Å². The molecular weight excluding hydrogens is 206 g/mol. The van der Waals surface area contributed by atoms with Gasteiger partial charge in [0.25, 0.3) is 0 Å². The summed E-state index contributed by atoms with van der Waals surface area (Å²) in [5, 5.41) is 2.47. The molecule has 0 aliphatic rings. The maximum Gasteiger partial charge on any atom is 0.413 e. The Morgan fingerprint density at radius 1 is 1.54 bits per heavy atom. The summed E-state index contributed by atoms with van der Waals surface area (Å²) < 4.78 is 5.46. The molecule has 0 fully saturated rings. The van der Waals surface area contributed by atoms with E-state index in [2.05, 4.69) is 5.32 Å². The summed E-state index contributed by atoms with van der Waals surface area (Å²) in [4.78, 5) is 11.1. The van der Waals surface area contributed by atoms with Crippen LogP contribution in [-0.2, 0) is 4.74 Å². The summed E-state index contributed by atoms with van der Waals surface area (Å²) in [5.74, 6) is 0.842. The van der Waals surface area contributed by atoms with E-state index in [1.54, 1.807) is 0 Å². The van der Waals surface area contributed by atoms with Crippen molar-refractivity contribution in [1.82, 2.24) is 5.32 Å². The van der Waals surface area contributed by atoms with Crippen molar-refractivity contribution in [2.75, 3.05) is 5.75 Å². The van der Waals surface area contributed by atoms with Gasteiger partial charge in [0, 0.05) is 0 Å². The van der Waals surface area contributed by atoms with Crippen LogP contribution in [0.4, 0.5) is 4.79 Å².